The van der Waals surface area contributed by atoms with Gasteiger partial charge < -0.3 is 0 Å². The summed E-state index contributed by atoms with van der Waals surface area (Å²) in [6.45, 7) is 3.47. The number of sulfone groups is 1. The first kappa shape index (κ1) is 14.5. The number of benzene rings is 1. The average molecular weight is 297 g/mol. The van der Waals surface area contributed by atoms with E-state index < -0.39 is 18.9 Å². The second-order valence-electron chi connectivity index (χ2n) is 3.98. The molecule has 0 fully saturated rings. The topological polar surface area (TPSA) is 68.3 Å². The Morgan fingerprint density at radius 1 is 1.12 bits per heavy atom. The number of rotatable bonds is 3. The van der Waals surface area contributed by atoms with Crippen LogP contribution >= 0.6 is 10.7 Å². The van der Waals surface area contributed by atoms with Crippen LogP contribution in [0.1, 0.15) is 16.7 Å². The Morgan fingerprint density at radius 3 is 2.06 bits per heavy atom. The Hall–Kier alpha value is -0.590. The van der Waals surface area contributed by atoms with Crippen LogP contribution in [-0.2, 0) is 24.6 Å². The predicted octanol–water partition coefficient (Wildman–Crippen LogP) is 1.78. The standard InChI is InChI=1S/C10H13ClO4S2/c1-7-4-10(16(3,12)13)5-9(8(7)2)6-17(11,14)15/h4-5H,6H2,1-3H3. The molecule has 0 spiro atoms. The van der Waals surface area contributed by atoms with Gasteiger partial charge in [0.2, 0.25) is 9.05 Å². The van der Waals surface area contributed by atoms with Crippen LogP contribution in [-0.4, -0.2) is 23.1 Å². The Bertz CT molecular complexity index is 645. The molecule has 0 aliphatic carbocycles. The Labute approximate surface area is 106 Å². The Kier molecular flexibility index (Phi) is 3.91. The predicted molar refractivity (Wildman–Crippen MR) is 67.5 cm³/mol. The number of hydrogen-bond acceptors (Lipinski definition) is 4. The molecular formula is C10H13ClO4S2. The first-order valence-electron chi connectivity index (χ1n) is 4.73. The first-order chi connectivity index (χ1) is 7.50. The van der Waals surface area contributed by atoms with Gasteiger partial charge in [-0.15, -0.1) is 0 Å². The van der Waals surface area contributed by atoms with E-state index in [1.165, 1.54) is 12.1 Å². The molecule has 0 aliphatic rings. The van der Waals surface area contributed by atoms with Crippen LogP contribution in [0.3, 0.4) is 0 Å². The highest BCUT2D eigenvalue weighted by atomic mass is 35.7. The molecule has 7 heteroatoms. The van der Waals surface area contributed by atoms with Crippen molar-refractivity contribution in [1.82, 2.24) is 0 Å². The van der Waals surface area contributed by atoms with E-state index in [0.29, 0.717) is 5.56 Å². The maximum absolute atomic E-state index is 11.4. The summed E-state index contributed by atoms with van der Waals surface area (Å²) in [6, 6.07) is 2.88. The summed E-state index contributed by atoms with van der Waals surface area (Å²) >= 11 is 0. The van der Waals surface area contributed by atoms with Crippen LogP contribution in [0.15, 0.2) is 17.0 Å². The van der Waals surface area contributed by atoms with Gasteiger partial charge >= 0.3 is 0 Å². The van der Waals surface area contributed by atoms with Crippen molar-refractivity contribution < 1.29 is 16.8 Å². The molecule has 0 radical (unpaired) electrons. The van der Waals surface area contributed by atoms with Crippen LogP contribution in [0.2, 0.25) is 0 Å². The molecule has 1 aromatic rings. The van der Waals surface area contributed by atoms with Gasteiger partial charge in [0, 0.05) is 16.9 Å². The van der Waals surface area contributed by atoms with E-state index in [2.05, 4.69) is 0 Å². The van der Waals surface area contributed by atoms with Gasteiger partial charge in [0.25, 0.3) is 0 Å². The molecule has 1 rings (SSSR count). The van der Waals surface area contributed by atoms with Crippen LogP contribution in [0.4, 0.5) is 0 Å². The molecule has 0 unspecified atom stereocenters. The van der Waals surface area contributed by atoms with Crippen LogP contribution < -0.4 is 0 Å². The number of hydrogen-bond donors (Lipinski definition) is 0. The SMILES string of the molecule is Cc1cc(S(C)(=O)=O)cc(CS(=O)(=O)Cl)c1C. The molecule has 0 atom stereocenters. The third-order valence-corrected chi connectivity index (χ3v) is 4.58. The molecule has 4 nitrogen and oxygen atoms in total. The van der Waals surface area contributed by atoms with E-state index in [1.807, 2.05) is 0 Å². The van der Waals surface area contributed by atoms with Crippen molar-refractivity contribution in [3.8, 4) is 0 Å². The fraction of sp³-hybridized carbons (Fsp3) is 0.400. The molecule has 0 aromatic heterocycles. The van der Waals surface area contributed by atoms with Crippen molar-refractivity contribution in [2.45, 2.75) is 24.5 Å². The van der Waals surface area contributed by atoms with E-state index in [0.717, 1.165) is 17.4 Å². The van der Waals surface area contributed by atoms with Gasteiger partial charge in [-0.1, -0.05) is 0 Å². The first-order valence-corrected chi connectivity index (χ1v) is 9.10. The molecule has 0 heterocycles. The summed E-state index contributed by atoms with van der Waals surface area (Å²) < 4.78 is 44.9. The molecule has 0 saturated heterocycles. The lowest BCUT2D eigenvalue weighted by Crippen LogP contribution is -2.04. The van der Waals surface area contributed by atoms with E-state index in [9.17, 15) is 16.8 Å². The normalized spacial score (nSPS) is 12.7. The Morgan fingerprint density at radius 2 is 1.65 bits per heavy atom. The zero-order valence-electron chi connectivity index (χ0n) is 9.69. The maximum Gasteiger partial charge on any atom is 0.236 e. The number of halogens is 1. The lowest BCUT2D eigenvalue weighted by Gasteiger charge is -2.10. The van der Waals surface area contributed by atoms with Gasteiger partial charge in [-0.3, -0.25) is 0 Å². The summed E-state index contributed by atoms with van der Waals surface area (Å²) in [4.78, 5) is 0.107. The molecule has 0 saturated carbocycles. The van der Waals surface area contributed by atoms with Crippen LogP contribution in [0, 0.1) is 13.8 Å². The molecule has 0 amide bonds. The Balaban J connectivity index is 3.46. The number of aryl methyl sites for hydroxylation is 1. The largest absolute Gasteiger partial charge is 0.236 e. The minimum atomic E-state index is -3.70. The summed E-state index contributed by atoms with van der Waals surface area (Å²) in [7, 11) is -1.88. The van der Waals surface area contributed by atoms with E-state index >= 15 is 0 Å². The van der Waals surface area contributed by atoms with Gasteiger partial charge in [-0.2, -0.15) is 0 Å². The fourth-order valence-corrected chi connectivity index (χ4v) is 3.22. The van der Waals surface area contributed by atoms with Gasteiger partial charge in [-0.05, 0) is 42.7 Å². The molecule has 0 aliphatic heterocycles. The quantitative estimate of drug-likeness (QED) is 0.797. The lowest BCUT2D eigenvalue weighted by atomic mass is 10.1. The minimum absolute atomic E-state index is 0.107. The second kappa shape index (κ2) is 4.59. The average Bonchev–Trinajstić information content (AvgIpc) is 2.08. The third-order valence-electron chi connectivity index (χ3n) is 2.50. The summed E-state index contributed by atoms with van der Waals surface area (Å²) in [5, 5.41) is 0. The smallest absolute Gasteiger partial charge is 0.224 e. The summed E-state index contributed by atoms with van der Waals surface area (Å²) in [6.07, 6.45) is 1.08. The molecule has 0 bridgehead atoms. The lowest BCUT2D eigenvalue weighted by molar-refractivity contribution is 0.600. The van der Waals surface area contributed by atoms with E-state index in [1.54, 1.807) is 13.8 Å². The summed E-state index contributed by atoms with van der Waals surface area (Å²) in [5.74, 6) is -0.370. The summed E-state index contributed by atoms with van der Waals surface area (Å²) in [5.41, 5.74) is 1.88. The van der Waals surface area contributed by atoms with Gasteiger partial charge in [0.05, 0.1) is 10.6 Å². The third kappa shape index (κ3) is 3.97. The van der Waals surface area contributed by atoms with E-state index in [4.69, 9.17) is 10.7 Å². The molecule has 96 valence electrons. The molecule has 0 N–H and O–H groups in total. The molecular weight excluding hydrogens is 284 g/mol. The fourth-order valence-electron chi connectivity index (χ4n) is 1.45. The van der Waals surface area contributed by atoms with Crippen molar-refractivity contribution in [3.63, 3.8) is 0 Å². The monoisotopic (exact) mass is 296 g/mol. The van der Waals surface area contributed by atoms with Crippen molar-refractivity contribution in [3.05, 3.63) is 28.8 Å². The highest BCUT2D eigenvalue weighted by Crippen LogP contribution is 2.22. The van der Waals surface area contributed by atoms with Crippen LogP contribution in [0.5, 0.6) is 0 Å². The van der Waals surface area contributed by atoms with Crippen molar-refractivity contribution in [2.24, 2.45) is 0 Å². The maximum atomic E-state index is 11.4. The van der Waals surface area contributed by atoms with Gasteiger partial charge in [0.15, 0.2) is 9.84 Å². The van der Waals surface area contributed by atoms with Crippen LogP contribution in [0.25, 0.3) is 0 Å². The van der Waals surface area contributed by atoms with Crippen molar-refractivity contribution >= 4 is 29.6 Å². The van der Waals surface area contributed by atoms with Gasteiger partial charge in [0.1, 0.15) is 0 Å². The zero-order chi connectivity index (χ0) is 13.4. The molecule has 1 aromatic carbocycles. The molecule has 17 heavy (non-hydrogen) atoms. The second-order valence-corrected chi connectivity index (χ2v) is 8.77. The van der Waals surface area contributed by atoms with E-state index in [-0.39, 0.29) is 10.6 Å². The minimum Gasteiger partial charge on any atom is -0.224 e. The van der Waals surface area contributed by atoms with Gasteiger partial charge in [-0.25, -0.2) is 16.8 Å². The highest BCUT2D eigenvalue weighted by molar-refractivity contribution is 8.13. The van der Waals surface area contributed by atoms with Crippen molar-refractivity contribution in [1.29, 1.82) is 0 Å². The zero-order valence-corrected chi connectivity index (χ0v) is 12.1. The highest BCUT2D eigenvalue weighted by Gasteiger charge is 2.15. The van der Waals surface area contributed by atoms with Crippen molar-refractivity contribution in [2.75, 3.05) is 6.26 Å².